The van der Waals surface area contributed by atoms with E-state index in [1.807, 2.05) is 54.6 Å². The van der Waals surface area contributed by atoms with Crippen LogP contribution >= 0.6 is 23.4 Å². The SMILES string of the molecule is COc1cccc(Oc2cc(C(C)(C)C)nc(SCc3cccc(Cl)c3)n2)c1. The van der Waals surface area contributed by atoms with Gasteiger partial charge in [0.2, 0.25) is 5.88 Å². The van der Waals surface area contributed by atoms with Crippen LogP contribution in [0.5, 0.6) is 17.4 Å². The zero-order valence-electron chi connectivity index (χ0n) is 16.4. The Morgan fingerprint density at radius 3 is 2.43 bits per heavy atom. The molecule has 1 aromatic heterocycles. The van der Waals surface area contributed by atoms with Gasteiger partial charge in [0.15, 0.2) is 5.16 Å². The minimum Gasteiger partial charge on any atom is -0.497 e. The largest absolute Gasteiger partial charge is 0.497 e. The highest BCUT2D eigenvalue weighted by Crippen LogP contribution is 2.31. The van der Waals surface area contributed by atoms with Gasteiger partial charge in [0.25, 0.3) is 0 Å². The van der Waals surface area contributed by atoms with Crippen LogP contribution in [0.2, 0.25) is 5.02 Å². The van der Waals surface area contributed by atoms with Crippen LogP contribution in [0.4, 0.5) is 0 Å². The van der Waals surface area contributed by atoms with Crippen LogP contribution in [-0.2, 0) is 11.2 Å². The van der Waals surface area contributed by atoms with E-state index in [1.54, 1.807) is 18.9 Å². The summed E-state index contributed by atoms with van der Waals surface area (Å²) in [7, 11) is 1.63. The molecule has 146 valence electrons. The van der Waals surface area contributed by atoms with E-state index in [9.17, 15) is 0 Å². The van der Waals surface area contributed by atoms with Crippen molar-refractivity contribution < 1.29 is 9.47 Å². The Bertz CT molecular complexity index is 957. The normalized spacial score (nSPS) is 11.3. The van der Waals surface area contributed by atoms with E-state index < -0.39 is 0 Å². The third-order valence-corrected chi connectivity index (χ3v) is 5.12. The molecule has 0 radical (unpaired) electrons. The number of hydrogen-bond donors (Lipinski definition) is 0. The van der Waals surface area contributed by atoms with Crippen LogP contribution in [0.1, 0.15) is 32.0 Å². The van der Waals surface area contributed by atoms with Gasteiger partial charge in [-0.05, 0) is 29.8 Å². The minimum absolute atomic E-state index is 0.124. The Labute approximate surface area is 175 Å². The van der Waals surface area contributed by atoms with Crippen LogP contribution in [-0.4, -0.2) is 17.1 Å². The molecule has 0 N–H and O–H groups in total. The summed E-state index contributed by atoms with van der Waals surface area (Å²) in [6.07, 6.45) is 0. The highest BCUT2D eigenvalue weighted by Gasteiger charge is 2.19. The van der Waals surface area contributed by atoms with E-state index in [2.05, 4.69) is 25.8 Å². The van der Waals surface area contributed by atoms with E-state index >= 15 is 0 Å². The van der Waals surface area contributed by atoms with Gasteiger partial charge in [0, 0.05) is 28.3 Å². The number of ether oxygens (including phenoxy) is 2. The summed E-state index contributed by atoms with van der Waals surface area (Å²) < 4.78 is 11.3. The monoisotopic (exact) mass is 414 g/mol. The molecular weight excluding hydrogens is 392 g/mol. The van der Waals surface area contributed by atoms with Gasteiger partial charge in [-0.3, -0.25) is 0 Å². The summed E-state index contributed by atoms with van der Waals surface area (Å²) in [6.45, 7) is 6.36. The maximum atomic E-state index is 6.08. The molecule has 0 aliphatic carbocycles. The first-order chi connectivity index (χ1) is 13.3. The third-order valence-electron chi connectivity index (χ3n) is 3.97. The van der Waals surface area contributed by atoms with Crippen molar-refractivity contribution in [2.24, 2.45) is 0 Å². The first-order valence-corrected chi connectivity index (χ1v) is 10.3. The lowest BCUT2D eigenvalue weighted by molar-refractivity contribution is 0.405. The Morgan fingerprint density at radius 1 is 0.964 bits per heavy atom. The molecule has 0 saturated carbocycles. The Kier molecular flexibility index (Phi) is 6.47. The van der Waals surface area contributed by atoms with Crippen molar-refractivity contribution in [1.29, 1.82) is 0 Å². The highest BCUT2D eigenvalue weighted by atomic mass is 35.5. The van der Waals surface area contributed by atoms with Gasteiger partial charge < -0.3 is 9.47 Å². The average Bonchev–Trinajstić information content (AvgIpc) is 2.66. The first-order valence-electron chi connectivity index (χ1n) is 8.92. The molecule has 2 aromatic carbocycles. The molecule has 28 heavy (non-hydrogen) atoms. The lowest BCUT2D eigenvalue weighted by Crippen LogP contribution is -2.14. The molecule has 0 bridgehead atoms. The molecule has 6 heteroatoms. The summed E-state index contributed by atoms with van der Waals surface area (Å²) in [5.41, 5.74) is 1.92. The highest BCUT2D eigenvalue weighted by molar-refractivity contribution is 7.98. The van der Waals surface area contributed by atoms with Crippen molar-refractivity contribution in [3.63, 3.8) is 0 Å². The second-order valence-corrected chi connectivity index (χ2v) is 8.70. The van der Waals surface area contributed by atoms with Crippen molar-refractivity contribution >= 4 is 23.4 Å². The number of rotatable bonds is 6. The molecular formula is C22H23ClN2O2S. The zero-order valence-corrected chi connectivity index (χ0v) is 18.0. The third kappa shape index (κ3) is 5.63. The number of benzene rings is 2. The van der Waals surface area contributed by atoms with E-state index in [4.69, 9.17) is 26.1 Å². The number of halogens is 1. The Hall–Kier alpha value is -2.24. The molecule has 0 aliphatic heterocycles. The molecule has 0 unspecified atom stereocenters. The molecule has 3 rings (SSSR count). The van der Waals surface area contributed by atoms with Gasteiger partial charge in [-0.2, -0.15) is 4.98 Å². The van der Waals surface area contributed by atoms with Crippen molar-refractivity contribution in [1.82, 2.24) is 9.97 Å². The molecule has 0 amide bonds. The summed E-state index contributed by atoms with van der Waals surface area (Å²) in [4.78, 5) is 9.32. The molecule has 0 spiro atoms. The predicted molar refractivity (Wildman–Crippen MR) is 115 cm³/mol. The number of thioether (sulfide) groups is 1. The topological polar surface area (TPSA) is 44.2 Å². The number of aromatic nitrogens is 2. The maximum absolute atomic E-state index is 6.08. The lowest BCUT2D eigenvalue weighted by Gasteiger charge is -2.19. The summed E-state index contributed by atoms with van der Waals surface area (Å²) in [6, 6.07) is 17.2. The molecule has 0 atom stereocenters. The van der Waals surface area contributed by atoms with Gasteiger partial charge in [0.05, 0.1) is 12.8 Å². The maximum Gasteiger partial charge on any atom is 0.223 e. The molecule has 0 saturated heterocycles. The van der Waals surface area contributed by atoms with Crippen molar-refractivity contribution in [3.05, 3.63) is 70.9 Å². The van der Waals surface area contributed by atoms with E-state index in [-0.39, 0.29) is 5.41 Å². The first kappa shape index (κ1) is 20.5. The summed E-state index contributed by atoms with van der Waals surface area (Å²) >= 11 is 7.64. The Balaban J connectivity index is 1.86. The van der Waals surface area contributed by atoms with E-state index in [0.717, 1.165) is 27.8 Å². The van der Waals surface area contributed by atoms with E-state index in [1.165, 1.54) is 0 Å². The van der Waals surface area contributed by atoms with Gasteiger partial charge in [-0.25, -0.2) is 4.98 Å². The second kappa shape index (κ2) is 8.84. The molecule has 3 aromatic rings. The fourth-order valence-corrected chi connectivity index (χ4v) is 3.47. The van der Waals surface area contributed by atoms with Crippen LogP contribution in [0.3, 0.4) is 0 Å². The average molecular weight is 415 g/mol. The fraction of sp³-hybridized carbons (Fsp3) is 0.273. The van der Waals surface area contributed by atoms with Crippen LogP contribution in [0, 0.1) is 0 Å². The Morgan fingerprint density at radius 2 is 1.71 bits per heavy atom. The summed E-state index contributed by atoms with van der Waals surface area (Å²) in [5.74, 6) is 2.65. The molecule has 4 nitrogen and oxygen atoms in total. The number of methoxy groups -OCH3 is 1. The van der Waals surface area contributed by atoms with Crippen molar-refractivity contribution in [2.75, 3.05) is 7.11 Å². The standard InChI is InChI=1S/C22H23ClN2O2S/c1-22(2,3)19-13-20(27-18-10-6-9-17(12-18)26-4)25-21(24-19)28-14-15-7-5-8-16(23)11-15/h5-13H,14H2,1-4H3. The smallest absolute Gasteiger partial charge is 0.223 e. The van der Waals surface area contributed by atoms with Gasteiger partial charge in [-0.1, -0.05) is 62.3 Å². The fourth-order valence-electron chi connectivity index (χ4n) is 2.46. The number of nitrogens with zero attached hydrogens (tertiary/aromatic N) is 2. The molecule has 0 fully saturated rings. The van der Waals surface area contributed by atoms with Crippen molar-refractivity contribution in [3.8, 4) is 17.4 Å². The van der Waals surface area contributed by atoms with Gasteiger partial charge >= 0.3 is 0 Å². The number of hydrogen-bond acceptors (Lipinski definition) is 5. The predicted octanol–water partition coefficient (Wildman–Crippen LogP) is 6.52. The molecule has 1 heterocycles. The zero-order chi connectivity index (χ0) is 20.1. The van der Waals surface area contributed by atoms with Crippen LogP contribution in [0.15, 0.2) is 59.8 Å². The molecule has 0 aliphatic rings. The quantitative estimate of drug-likeness (QED) is 0.339. The van der Waals surface area contributed by atoms with Gasteiger partial charge in [-0.15, -0.1) is 0 Å². The summed E-state index contributed by atoms with van der Waals surface area (Å²) in [5, 5.41) is 1.40. The second-order valence-electron chi connectivity index (χ2n) is 7.32. The minimum atomic E-state index is -0.124. The van der Waals surface area contributed by atoms with Crippen LogP contribution in [0.25, 0.3) is 0 Å². The van der Waals surface area contributed by atoms with Crippen molar-refractivity contribution in [2.45, 2.75) is 37.1 Å². The van der Waals surface area contributed by atoms with Crippen LogP contribution < -0.4 is 9.47 Å². The van der Waals surface area contributed by atoms with E-state index in [0.29, 0.717) is 16.8 Å². The lowest BCUT2D eigenvalue weighted by atomic mass is 9.92. The van der Waals surface area contributed by atoms with Gasteiger partial charge in [0.1, 0.15) is 11.5 Å².